The number of nitrogens with zero attached hydrogens (tertiary/aromatic N) is 1. The van der Waals surface area contributed by atoms with Crippen LogP contribution in [0.2, 0.25) is 0 Å². The molecule has 1 saturated heterocycles. The van der Waals surface area contributed by atoms with Crippen LogP contribution < -0.4 is 17.0 Å². The van der Waals surface area contributed by atoms with E-state index in [-0.39, 0.29) is 22.9 Å². The summed E-state index contributed by atoms with van der Waals surface area (Å²) in [5.74, 6) is -0.646. The van der Waals surface area contributed by atoms with Gasteiger partial charge in [0.25, 0.3) is 5.56 Å². The number of alkyl halides is 3. The summed E-state index contributed by atoms with van der Waals surface area (Å²) in [5.41, 5.74) is 14.4. The van der Waals surface area contributed by atoms with E-state index in [1.54, 1.807) is 0 Å². The topological polar surface area (TPSA) is 112 Å². The van der Waals surface area contributed by atoms with Crippen LogP contribution in [0.4, 0.5) is 28.9 Å². The highest BCUT2D eigenvalue weighted by atomic mass is 19.4. The molecule has 1 aliphatic heterocycles. The summed E-state index contributed by atoms with van der Waals surface area (Å²) < 4.78 is 52.3. The van der Waals surface area contributed by atoms with E-state index in [2.05, 4.69) is 4.98 Å². The van der Waals surface area contributed by atoms with Crippen LogP contribution in [0.15, 0.2) is 29.1 Å². The number of fused-ring (bicyclic) bond motifs is 1. The molecule has 34 heavy (non-hydrogen) atoms. The molecular formula is C24H25F4N5O. The molecule has 4 rings (SSSR count). The van der Waals surface area contributed by atoms with Gasteiger partial charge in [-0.05, 0) is 73.7 Å². The maximum absolute atomic E-state index is 14.0. The summed E-state index contributed by atoms with van der Waals surface area (Å²) in [6.45, 7) is 1.63. The highest BCUT2D eigenvalue weighted by Crippen LogP contribution is 2.39. The largest absolute Gasteiger partial charge is 0.401 e. The van der Waals surface area contributed by atoms with Gasteiger partial charge in [0.15, 0.2) is 0 Å². The van der Waals surface area contributed by atoms with Crippen LogP contribution in [0.25, 0.3) is 22.0 Å². The number of aromatic nitrogens is 1. The van der Waals surface area contributed by atoms with Crippen molar-refractivity contribution in [1.82, 2.24) is 9.88 Å². The molecule has 1 aliphatic rings. The van der Waals surface area contributed by atoms with Crippen molar-refractivity contribution in [3.63, 3.8) is 0 Å². The first kappa shape index (κ1) is 23.7. The van der Waals surface area contributed by atoms with Crippen molar-refractivity contribution < 1.29 is 17.6 Å². The van der Waals surface area contributed by atoms with Crippen LogP contribution in [-0.2, 0) is 0 Å². The Kier molecular flexibility index (Phi) is 6.11. The Morgan fingerprint density at radius 3 is 2.47 bits per heavy atom. The summed E-state index contributed by atoms with van der Waals surface area (Å²) >= 11 is 0. The molecule has 6 nitrogen and oxygen atoms in total. The van der Waals surface area contributed by atoms with E-state index in [1.807, 2.05) is 19.1 Å². The molecule has 2 aromatic carbocycles. The van der Waals surface area contributed by atoms with Gasteiger partial charge in [0, 0.05) is 28.2 Å². The monoisotopic (exact) mass is 475 g/mol. The minimum absolute atomic E-state index is 0.0374. The molecule has 1 aromatic heterocycles. The van der Waals surface area contributed by atoms with Crippen molar-refractivity contribution in [2.24, 2.45) is 0 Å². The number of piperidine rings is 1. The molecule has 3 aromatic rings. The molecule has 0 spiro atoms. The van der Waals surface area contributed by atoms with Crippen molar-refractivity contribution in [2.75, 3.05) is 31.1 Å². The van der Waals surface area contributed by atoms with Crippen molar-refractivity contribution in [3.05, 3.63) is 57.1 Å². The second-order valence-electron chi connectivity index (χ2n) is 8.73. The lowest BCUT2D eigenvalue weighted by Crippen LogP contribution is -2.39. The average molecular weight is 475 g/mol. The fourth-order valence-electron chi connectivity index (χ4n) is 4.85. The van der Waals surface area contributed by atoms with Gasteiger partial charge in [0.1, 0.15) is 11.5 Å². The normalized spacial score (nSPS) is 15.7. The molecule has 0 aliphatic carbocycles. The van der Waals surface area contributed by atoms with Gasteiger partial charge >= 0.3 is 6.18 Å². The van der Waals surface area contributed by atoms with Crippen LogP contribution in [0.3, 0.4) is 0 Å². The first-order valence-electron chi connectivity index (χ1n) is 10.8. The molecule has 0 amide bonds. The van der Waals surface area contributed by atoms with Gasteiger partial charge in [0.05, 0.1) is 12.2 Å². The molecule has 10 heteroatoms. The Morgan fingerprint density at radius 2 is 1.85 bits per heavy atom. The van der Waals surface area contributed by atoms with Gasteiger partial charge in [-0.2, -0.15) is 13.2 Å². The van der Waals surface area contributed by atoms with Gasteiger partial charge in [0.2, 0.25) is 0 Å². The van der Waals surface area contributed by atoms with Gasteiger partial charge < -0.3 is 21.9 Å². The number of rotatable bonds is 4. The summed E-state index contributed by atoms with van der Waals surface area (Å²) in [4.78, 5) is 16.8. The molecule has 0 radical (unpaired) electrons. The Morgan fingerprint density at radius 1 is 1.18 bits per heavy atom. The van der Waals surface area contributed by atoms with E-state index < -0.39 is 24.1 Å². The Bertz CT molecular complexity index is 1320. The van der Waals surface area contributed by atoms with Gasteiger partial charge in [-0.3, -0.25) is 9.69 Å². The van der Waals surface area contributed by atoms with Gasteiger partial charge in [-0.15, -0.1) is 0 Å². The lowest BCUT2D eigenvalue weighted by Gasteiger charge is -2.33. The van der Waals surface area contributed by atoms with Gasteiger partial charge in [-0.1, -0.05) is 6.07 Å². The minimum Gasteiger partial charge on any atom is -0.396 e. The number of hydrogen-bond donors (Lipinski definition) is 4. The molecular weight excluding hydrogens is 450 g/mol. The molecule has 0 atom stereocenters. The summed E-state index contributed by atoms with van der Waals surface area (Å²) in [6, 6.07) is 6.30. The number of likely N-dealkylation sites (tertiary alicyclic amines) is 1. The lowest BCUT2D eigenvalue weighted by molar-refractivity contribution is -0.147. The third kappa shape index (κ3) is 4.37. The van der Waals surface area contributed by atoms with Crippen LogP contribution >= 0.6 is 0 Å². The maximum Gasteiger partial charge on any atom is 0.401 e. The predicted octanol–water partition coefficient (Wildman–Crippen LogP) is 4.55. The van der Waals surface area contributed by atoms with Crippen LogP contribution in [-0.4, -0.2) is 41.9 Å². The van der Waals surface area contributed by atoms with E-state index in [0.717, 1.165) is 23.4 Å². The molecule has 180 valence electrons. The lowest BCUT2D eigenvalue weighted by atomic mass is 9.84. The summed E-state index contributed by atoms with van der Waals surface area (Å²) in [7, 11) is 0. The fraction of sp³-hybridized carbons (Fsp3) is 0.333. The molecule has 2 heterocycles. The van der Waals surface area contributed by atoms with Crippen molar-refractivity contribution in [3.8, 4) is 11.1 Å². The highest BCUT2D eigenvalue weighted by molar-refractivity contribution is 6.06. The quantitative estimate of drug-likeness (QED) is 0.252. The number of benzene rings is 2. The Balaban J connectivity index is 1.83. The first-order valence-corrected chi connectivity index (χ1v) is 10.8. The average Bonchev–Trinajstić information content (AvgIpc) is 2.76. The molecule has 0 saturated carbocycles. The Hall–Kier alpha value is -3.40. The molecule has 0 unspecified atom stereocenters. The number of aromatic amines is 1. The van der Waals surface area contributed by atoms with Crippen LogP contribution in [0.5, 0.6) is 0 Å². The number of halogens is 4. The number of H-pyrrole nitrogens is 1. The van der Waals surface area contributed by atoms with Crippen LogP contribution in [0.1, 0.15) is 35.4 Å². The number of hydrogen-bond acceptors (Lipinski definition) is 5. The minimum atomic E-state index is -4.23. The molecule has 6 N–H and O–H groups in total. The second-order valence-corrected chi connectivity index (χ2v) is 8.73. The number of nitrogens with one attached hydrogen (secondary N) is 2. The molecule has 1 fully saturated rings. The van der Waals surface area contributed by atoms with E-state index in [1.165, 1.54) is 11.0 Å². The zero-order chi connectivity index (χ0) is 24.8. The SMILES string of the molecule is Cc1cc2[nH]c(=O)c(N)c(-c3ccc(F)c(N)c3C=N)c2cc1C1CCN(CC(F)(F)F)CC1. The van der Waals surface area contributed by atoms with E-state index in [9.17, 15) is 22.4 Å². The standard InChI is InChI=1S/C24H25F4N5O/c1-12-8-19-16(9-15(12)13-4-6-33(7-5-13)11-24(26,27)28)20(22(31)23(34)32-19)14-2-3-18(25)21(30)17(14)10-29/h2-3,8-10,13,29H,4-7,11,30-31H2,1H3,(H,32,34). The molecule has 0 bridgehead atoms. The van der Waals surface area contributed by atoms with Crippen molar-refractivity contribution >= 4 is 28.5 Å². The maximum atomic E-state index is 14.0. The number of nitrogens with two attached hydrogens (primary N) is 2. The zero-order valence-corrected chi connectivity index (χ0v) is 18.5. The van der Waals surface area contributed by atoms with E-state index in [4.69, 9.17) is 16.9 Å². The van der Waals surface area contributed by atoms with Crippen molar-refractivity contribution in [2.45, 2.75) is 31.9 Å². The predicted molar refractivity (Wildman–Crippen MR) is 126 cm³/mol. The second kappa shape index (κ2) is 8.75. The third-order valence-corrected chi connectivity index (χ3v) is 6.52. The summed E-state index contributed by atoms with van der Waals surface area (Å²) in [5, 5.41) is 8.34. The number of nitrogen functional groups attached to an aromatic ring is 2. The number of aryl methyl sites for hydroxylation is 1. The third-order valence-electron chi connectivity index (χ3n) is 6.52. The summed E-state index contributed by atoms with van der Waals surface area (Å²) in [6.07, 6.45) is -2.18. The van der Waals surface area contributed by atoms with Crippen molar-refractivity contribution in [1.29, 1.82) is 5.41 Å². The van der Waals surface area contributed by atoms with Gasteiger partial charge in [-0.25, -0.2) is 4.39 Å². The first-order chi connectivity index (χ1) is 16.0. The van der Waals surface area contributed by atoms with E-state index in [0.29, 0.717) is 48.0 Å². The number of anilines is 2. The highest BCUT2D eigenvalue weighted by Gasteiger charge is 2.33. The number of pyridine rings is 1. The Labute approximate surface area is 193 Å². The fourth-order valence-corrected chi connectivity index (χ4v) is 4.85. The van der Waals surface area contributed by atoms with E-state index >= 15 is 0 Å². The zero-order valence-electron chi connectivity index (χ0n) is 18.5. The smallest absolute Gasteiger partial charge is 0.396 e. The van der Waals surface area contributed by atoms with Crippen LogP contribution in [0, 0.1) is 18.2 Å².